The first-order chi connectivity index (χ1) is 13.0. The molecule has 0 bridgehead atoms. The molecule has 0 aliphatic carbocycles. The number of pyridine rings is 1. The maximum atomic E-state index is 13.3. The lowest BCUT2D eigenvalue weighted by atomic mass is 10.2. The molecule has 1 radical (unpaired) electrons. The highest BCUT2D eigenvalue weighted by Crippen LogP contribution is 2.42. The molecule has 9 heteroatoms. The van der Waals surface area contributed by atoms with Gasteiger partial charge in [0.15, 0.2) is 11.5 Å². The standard InChI is InChI=1S/C18H15F3N3O3/c1-2-25-13-8-14(24-17-15(13)10(9-22-17)18(19,20)21)23-11-4-3-5-12-16(11)27-7-6-26-12/h3-4,8-9H,2,6-7H2,1H3,(H2,22,23,24). The lowest BCUT2D eigenvalue weighted by Crippen LogP contribution is -2.16. The molecular formula is C18H15F3N3O3. The minimum atomic E-state index is -4.51. The second-order valence-electron chi connectivity index (χ2n) is 5.73. The fourth-order valence-corrected chi connectivity index (χ4v) is 2.89. The Bertz CT molecular complexity index is 985. The molecule has 4 rings (SSSR count). The molecule has 0 fully saturated rings. The van der Waals surface area contributed by atoms with Gasteiger partial charge in [0.25, 0.3) is 0 Å². The van der Waals surface area contributed by atoms with Gasteiger partial charge in [-0.15, -0.1) is 0 Å². The average molecular weight is 378 g/mol. The number of H-pyrrole nitrogens is 1. The number of alkyl halides is 3. The molecule has 3 aromatic rings. The number of nitrogens with zero attached hydrogens (tertiary/aromatic N) is 1. The summed E-state index contributed by atoms with van der Waals surface area (Å²) in [5.74, 6) is 1.35. The molecule has 1 aliphatic rings. The normalized spacial score (nSPS) is 13.6. The number of aromatic amines is 1. The van der Waals surface area contributed by atoms with Crippen LogP contribution >= 0.6 is 0 Å². The van der Waals surface area contributed by atoms with E-state index in [1.165, 1.54) is 6.07 Å². The zero-order valence-electron chi connectivity index (χ0n) is 14.2. The Morgan fingerprint density at radius 3 is 2.93 bits per heavy atom. The van der Waals surface area contributed by atoms with Crippen molar-refractivity contribution >= 4 is 22.5 Å². The van der Waals surface area contributed by atoms with Crippen molar-refractivity contribution in [2.75, 3.05) is 25.1 Å². The predicted octanol–water partition coefficient (Wildman–Crippen LogP) is 4.30. The van der Waals surface area contributed by atoms with E-state index < -0.39 is 11.7 Å². The van der Waals surface area contributed by atoms with E-state index in [0.29, 0.717) is 36.2 Å². The third-order valence-electron chi connectivity index (χ3n) is 3.97. The number of fused-ring (bicyclic) bond motifs is 2. The van der Waals surface area contributed by atoms with Crippen molar-refractivity contribution in [3.05, 3.63) is 36.0 Å². The average Bonchev–Trinajstić information content (AvgIpc) is 3.07. The summed E-state index contributed by atoms with van der Waals surface area (Å²) in [6, 6.07) is 7.74. The van der Waals surface area contributed by atoms with E-state index in [1.807, 2.05) is 0 Å². The quantitative estimate of drug-likeness (QED) is 0.709. The van der Waals surface area contributed by atoms with Crippen molar-refractivity contribution in [3.8, 4) is 17.2 Å². The molecule has 2 aromatic heterocycles. The molecule has 0 saturated heterocycles. The third-order valence-corrected chi connectivity index (χ3v) is 3.97. The summed E-state index contributed by atoms with van der Waals surface area (Å²) in [5.41, 5.74) is -0.173. The molecule has 6 nitrogen and oxygen atoms in total. The van der Waals surface area contributed by atoms with Crippen molar-refractivity contribution in [3.63, 3.8) is 0 Å². The maximum absolute atomic E-state index is 13.3. The lowest BCUT2D eigenvalue weighted by Gasteiger charge is -2.21. The van der Waals surface area contributed by atoms with Crippen LogP contribution in [0.2, 0.25) is 0 Å². The van der Waals surface area contributed by atoms with Gasteiger partial charge in [0.1, 0.15) is 30.4 Å². The smallest absolute Gasteiger partial charge is 0.418 e. The minimum absolute atomic E-state index is 0.0734. The first kappa shape index (κ1) is 17.3. The minimum Gasteiger partial charge on any atom is -0.493 e. The van der Waals surface area contributed by atoms with E-state index in [-0.39, 0.29) is 23.4 Å². The Morgan fingerprint density at radius 2 is 2.15 bits per heavy atom. The van der Waals surface area contributed by atoms with Gasteiger partial charge in [0, 0.05) is 18.3 Å². The molecule has 27 heavy (non-hydrogen) atoms. The molecular weight excluding hydrogens is 363 g/mol. The van der Waals surface area contributed by atoms with Gasteiger partial charge < -0.3 is 24.5 Å². The maximum Gasteiger partial charge on any atom is 0.418 e. The number of aromatic nitrogens is 2. The summed E-state index contributed by atoms with van der Waals surface area (Å²) >= 11 is 0. The Hall–Kier alpha value is -3.10. The molecule has 3 heterocycles. The van der Waals surface area contributed by atoms with Crippen LogP contribution in [-0.2, 0) is 6.18 Å². The largest absolute Gasteiger partial charge is 0.493 e. The van der Waals surface area contributed by atoms with Crippen LogP contribution in [0.1, 0.15) is 12.5 Å². The van der Waals surface area contributed by atoms with Crippen LogP contribution in [0.15, 0.2) is 24.4 Å². The van der Waals surface area contributed by atoms with Gasteiger partial charge in [-0.25, -0.2) is 4.98 Å². The summed E-state index contributed by atoms with van der Waals surface area (Å²) in [6.07, 6.45) is -3.62. The molecule has 0 atom stereocenters. The summed E-state index contributed by atoms with van der Waals surface area (Å²) < 4.78 is 56.3. The summed E-state index contributed by atoms with van der Waals surface area (Å²) in [7, 11) is 0. The zero-order valence-corrected chi connectivity index (χ0v) is 14.2. The van der Waals surface area contributed by atoms with Gasteiger partial charge in [-0.2, -0.15) is 13.2 Å². The van der Waals surface area contributed by atoms with Crippen molar-refractivity contribution in [1.29, 1.82) is 0 Å². The molecule has 2 N–H and O–H groups in total. The monoisotopic (exact) mass is 378 g/mol. The molecule has 0 unspecified atom stereocenters. The highest BCUT2D eigenvalue weighted by Gasteiger charge is 2.35. The number of hydrogen-bond acceptors (Lipinski definition) is 5. The van der Waals surface area contributed by atoms with E-state index in [0.717, 1.165) is 6.20 Å². The van der Waals surface area contributed by atoms with Crippen LogP contribution in [0.5, 0.6) is 17.2 Å². The summed E-state index contributed by atoms with van der Waals surface area (Å²) in [5, 5.41) is 2.95. The van der Waals surface area contributed by atoms with Crippen LogP contribution in [-0.4, -0.2) is 29.8 Å². The first-order valence-electron chi connectivity index (χ1n) is 8.27. The Labute approximate surface area is 152 Å². The predicted molar refractivity (Wildman–Crippen MR) is 91.8 cm³/mol. The van der Waals surface area contributed by atoms with Gasteiger partial charge >= 0.3 is 6.18 Å². The molecule has 1 aliphatic heterocycles. The van der Waals surface area contributed by atoms with Crippen LogP contribution in [0.3, 0.4) is 0 Å². The van der Waals surface area contributed by atoms with Crippen LogP contribution < -0.4 is 19.5 Å². The van der Waals surface area contributed by atoms with Crippen LogP contribution in [0.25, 0.3) is 11.0 Å². The second kappa shape index (κ2) is 6.57. The SMILES string of the molecule is CCOc1cc(Nc2cc[c]c3c2OCCO3)nc2[nH]cc(C(F)(F)F)c12. The van der Waals surface area contributed by atoms with Crippen molar-refractivity contribution in [2.45, 2.75) is 13.1 Å². The zero-order chi connectivity index (χ0) is 19.0. The third kappa shape index (κ3) is 3.20. The topological polar surface area (TPSA) is 68.4 Å². The number of benzene rings is 1. The number of hydrogen-bond donors (Lipinski definition) is 2. The van der Waals surface area contributed by atoms with Crippen molar-refractivity contribution in [1.82, 2.24) is 9.97 Å². The van der Waals surface area contributed by atoms with Gasteiger partial charge in [-0.1, -0.05) is 0 Å². The van der Waals surface area contributed by atoms with E-state index in [9.17, 15) is 13.2 Å². The Kier molecular flexibility index (Phi) is 4.21. The Balaban J connectivity index is 1.78. The first-order valence-corrected chi connectivity index (χ1v) is 8.27. The number of halogens is 3. The fourth-order valence-electron chi connectivity index (χ4n) is 2.89. The Morgan fingerprint density at radius 1 is 1.33 bits per heavy atom. The van der Waals surface area contributed by atoms with Gasteiger partial charge in [-0.3, -0.25) is 0 Å². The summed E-state index contributed by atoms with van der Waals surface area (Å²) in [4.78, 5) is 6.81. The lowest BCUT2D eigenvalue weighted by molar-refractivity contribution is -0.136. The summed E-state index contributed by atoms with van der Waals surface area (Å²) in [6.45, 7) is 2.73. The molecule has 1 aromatic carbocycles. The van der Waals surface area contributed by atoms with E-state index >= 15 is 0 Å². The van der Waals surface area contributed by atoms with E-state index in [4.69, 9.17) is 14.2 Å². The van der Waals surface area contributed by atoms with Crippen molar-refractivity contribution < 1.29 is 27.4 Å². The van der Waals surface area contributed by atoms with E-state index in [2.05, 4.69) is 21.4 Å². The van der Waals surface area contributed by atoms with Gasteiger partial charge in [0.05, 0.1) is 23.2 Å². The highest BCUT2D eigenvalue weighted by molar-refractivity contribution is 5.89. The van der Waals surface area contributed by atoms with Gasteiger partial charge in [0.2, 0.25) is 0 Å². The number of rotatable bonds is 4. The van der Waals surface area contributed by atoms with Crippen LogP contribution in [0.4, 0.5) is 24.7 Å². The molecule has 0 spiro atoms. The molecule has 141 valence electrons. The van der Waals surface area contributed by atoms with Crippen molar-refractivity contribution in [2.24, 2.45) is 0 Å². The second-order valence-corrected chi connectivity index (χ2v) is 5.73. The fraction of sp³-hybridized carbons (Fsp3) is 0.278. The van der Waals surface area contributed by atoms with E-state index in [1.54, 1.807) is 19.1 Å². The highest BCUT2D eigenvalue weighted by atomic mass is 19.4. The van der Waals surface area contributed by atoms with Gasteiger partial charge in [-0.05, 0) is 19.1 Å². The number of anilines is 2. The molecule has 0 saturated carbocycles. The van der Waals surface area contributed by atoms with Crippen LogP contribution in [0, 0.1) is 6.07 Å². The number of nitrogens with one attached hydrogen (secondary N) is 2. The number of ether oxygens (including phenoxy) is 3. The molecule has 0 amide bonds.